The van der Waals surface area contributed by atoms with Crippen LogP contribution in [0.25, 0.3) is 0 Å². The Balaban J connectivity index is 0.00000420. The van der Waals surface area contributed by atoms with Crippen LogP contribution >= 0.6 is 24.0 Å². The highest BCUT2D eigenvalue weighted by Crippen LogP contribution is 2.18. The van der Waals surface area contributed by atoms with Gasteiger partial charge in [-0.15, -0.1) is 24.0 Å². The number of aromatic nitrogens is 2. The van der Waals surface area contributed by atoms with E-state index in [-0.39, 0.29) is 42.4 Å². The molecule has 1 unspecified atom stereocenters. The maximum absolute atomic E-state index is 13.9. The fourth-order valence-corrected chi connectivity index (χ4v) is 2.59. The monoisotopic (exact) mass is 521 g/mol. The lowest BCUT2D eigenvalue weighted by molar-refractivity contribution is 0.0683. The van der Waals surface area contributed by atoms with E-state index < -0.39 is 5.82 Å². The number of halogens is 2. The zero-order valence-electron chi connectivity index (χ0n) is 17.4. The lowest BCUT2D eigenvalue weighted by Gasteiger charge is -2.22. The van der Waals surface area contributed by atoms with E-state index in [0.29, 0.717) is 37.4 Å². The number of hydrogen-bond donors (Lipinski definition) is 1. The van der Waals surface area contributed by atoms with E-state index in [9.17, 15) is 4.39 Å². The summed E-state index contributed by atoms with van der Waals surface area (Å²) in [5, 5.41) is 7.13. The minimum atomic E-state index is -0.392. The minimum absolute atomic E-state index is 0. The molecular formula is C19H29FIN5O3. The minimum Gasteiger partial charge on any atom is -0.494 e. The fraction of sp³-hybridized carbons (Fsp3) is 0.526. The zero-order chi connectivity index (χ0) is 20.5. The van der Waals surface area contributed by atoms with Gasteiger partial charge in [-0.05, 0) is 38.5 Å². The molecule has 162 valence electrons. The van der Waals surface area contributed by atoms with E-state index in [1.165, 1.54) is 13.2 Å². The third-order valence-corrected chi connectivity index (χ3v) is 3.96. The molecule has 0 radical (unpaired) electrons. The molecule has 0 bridgehead atoms. The molecule has 0 fully saturated rings. The average Bonchev–Trinajstić information content (AvgIpc) is 3.14. The fourth-order valence-electron chi connectivity index (χ4n) is 2.59. The Bertz CT molecular complexity index is 787. The third kappa shape index (κ3) is 7.42. The Hall–Kier alpha value is -1.95. The summed E-state index contributed by atoms with van der Waals surface area (Å²) in [6.45, 7) is 7.73. The SMILES string of the molecule is CCNC(=NCc1nc(C(C)OCC)no1)N(C)Cc1ccc(OC)c(F)c1.I. The van der Waals surface area contributed by atoms with E-state index in [4.69, 9.17) is 14.0 Å². The molecule has 0 spiro atoms. The number of rotatable bonds is 9. The van der Waals surface area contributed by atoms with Gasteiger partial charge in [0.15, 0.2) is 23.4 Å². The van der Waals surface area contributed by atoms with Crippen LogP contribution in [-0.4, -0.2) is 48.3 Å². The molecule has 0 amide bonds. The van der Waals surface area contributed by atoms with Gasteiger partial charge in [0, 0.05) is 26.7 Å². The summed E-state index contributed by atoms with van der Waals surface area (Å²) in [6.07, 6.45) is -0.229. The molecule has 29 heavy (non-hydrogen) atoms. The van der Waals surface area contributed by atoms with Gasteiger partial charge in [0.1, 0.15) is 12.6 Å². The van der Waals surface area contributed by atoms with E-state index in [0.717, 1.165) is 5.56 Å². The molecular weight excluding hydrogens is 492 g/mol. The van der Waals surface area contributed by atoms with Crippen molar-refractivity contribution in [1.82, 2.24) is 20.4 Å². The molecule has 8 nitrogen and oxygen atoms in total. The van der Waals surface area contributed by atoms with Crippen LogP contribution in [0, 0.1) is 5.82 Å². The number of methoxy groups -OCH3 is 1. The molecule has 1 aromatic carbocycles. The van der Waals surface area contributed by atoms with E-state index >= 15 is 0 Å². The van der Waals surface area contributed by atoms with Crippen molar-refractivity contribution in [2.45, 2.75) is 40.0 Å². The van der Waals surface area contributed by atoms with E-state index in [1.54, 1.807) is 6.07 Å². The summed E-state index contributed by atoms with van der Waals surface area (Å²) in [4.78, 5) is 10.7. The van der Waals surface area contributed by atoms with Crippen LogP contribution in [0.15, 0.2) is 27.7 Å². The lowest BCUT2D eigenvalue weighted by Crippen LogP contribution is -2.38. The van der Waals surface area contributed by atoms with Gasteiger partial charge in [0.05, 0.1) is 7.11 Å². The van der Waals surface area contributed by atoms with Crippen molar-refractivity contribution in [2.75, 3.05) is 27.3 Å². The predicted octanol–water partition coefficient (Wildman–Crippen LogP) is 3.53. The zero-order valence-corrected chi connectivity index (χ0v) is 19.8. The van der Waals surface area contributed by atoms with Crippen molar-refractivity contribution < 1.29 is 18.4 Å². The number of ether oxygens (including phenoxy) is 2. The first-order valence-corrected chi connectivity index (χ1v) is 9.24. The normalized spacial score (nSPS) is 12.3. The summed E-state index contributed by atoms with van der Waals surface area (Å²) in [5.41, 5.74) is 0.803. The number of benzene rings is 1. The maximum Gasteiger partial charge on any atom is 0.248 e. The second-order valence-corrected chi connectivity index (χ2v) is 6.14. The van der Waals surface area contributed by atoms with Gasteiger partial charge in [-0.2, -0.15) is 4.98 Å². The molecule has 1 atom stereocenters. The van der Waals surface area contributed by atoms with Gasteiger partial charge in [0.25, 0.3) is 0 Å². The topological polar surface area (TPSA) is 85.0 Å². The van der Waals surface area contributed by atoms with Gasteiger partial charge in [-0.25, -0.2) is 9.38 Å². The van der Waals surface area contributed by atoms with E-state index in [1.807, 2.05) is 38.8 Å². The molecule has 0 saturated carbocycles. The first-order valence-electron chi connectivity index (χ1n) is 9.24. The molecule has 0 aliphatic rings. The molecule has 0 aliphatic heterocycles. The maximum atomic E-state index is 13.9. The van der Waals surface area contributed by atoms with Crippen LogP contribution in [0.1, 0.15) is 44.2 Å². The van der Waals surface area contributed by atoms with Gasteiger partial charge in [-0.3, -0.25) is 0 Å². The van der Waals surface area contributed by atoms with Crippen LogP contribution in [0.3, 0.4) is 0 Å². The van der Waals surface area contributed by atoms with Gasteiger partial charge < -0.3 is 24.2 Å². The van der Waals surface area contributed by atoms with Crippen molar-refractivity contribution >= 4 is 29.9 Å². The van der Waals surface area contributed by atoms with Gasteiger partial charge in [-0.1, -0.05) is 11.2 Å². The number of aliphatic imine (C=N–C) groups is 1. The Labute approximate surface area is 187 Å². The Morgan fingerprint density at radius 1 is 1.38 bits per heavy atom. The van der Waals surface area contributed by atoms with Crippen molar-refractivity contribution in [1.29, 1.82) is 0 Å². The Kier molecular flexibility index (Phi) is 10.9. The highest BCUT2D eigenvalue weighted by molar-refractivity contribution is 14.0. The summed E-state index contributed by atoms with van der Waals surface area (Å²) < 4.78 is 29.6. The number of guanidine groups is 1. The second kappa shape index (κ2) is 12.6. The van der Waals surface area contributed by atoms with Gasteiger partial charge >= 0.3 is 0 Å². The molecule has 0 aliphatic carbocycles. The first-order chi connectivity index (χ1) is 13.5. The van der Waals surface area contributed by atoms with Crippen LogP contribution < -0.4 is 10.1 Å². The lowest BCUT2D eigenvalue weighted by atomic mass is 10.2. The Morgan fingerprint density at radius 3 is 2.76 bits per heavy atom. The standard InChI is InChI=1S/C19H28FN5O3.HI/c1-6-21-19(22-11-17-23-18(24-28-17)13(3)27-7-2)25(4)12-14-8-9-16(26-5)15(20)10-14;/h8-10,13H,6-7,11-12H2,1-5H3,(H,21,22);1H. The number of nitrogens with zero attached hydrogens (tertiary/aromatic N) is 4. The smallest absolute Gasteiger partial charge is 0.248 e. The average molecular weight is 521 g/mol. The van der Waals surface area contributed by atoms with E-state index in [2.05, 4.69) is 20.4 Å². The second-order valence-electron chi connectivity index (χ2n) is 6.14. The highest BCUT2D eigenvalue weighted by atomic mass is 127. The first kappa shape index (κ1) is 25.1. The molecule has 1 heterocycles. The molecule has 0 saturated heterocycles. The van der Waals surface area contributed by atoms with Crippen LogP contribution in [-0.2, 0) is 17.8 Å². The van der Waals surface area contributed by atoms with Crippen LogP contribution in [0.4, 0.5) is 4.39 Å². The number of hydrogen-bond acceptors (Lipinski definition) is 6. The molecule has 1 aromatic heterocycles. The molecule has 10 heteroatoms. The largest absolute Gasteiger partial charge is 0.494 e. The summed E-state index contributed by atoms with van der Waals surface area (Å²) >= 11 is 0. The van der Waals surface area contributed by atoms with Gasteiger partial charge in [0.2, 0.25) is 5.89 Å². The molecule has 2 aromatic rings. The summed E-state index contributed by atoms with van der Waals surface area (Å²) in [7, 11) is 3.32. The predicted molar refractivity (Wildman–Crippen MR) is 119 cm³/mol. The van der Waals surface area contributed by atoms with Crippen molar-refractivity contribution in [3.05, 3.63) is 41.3 Å². The summed E-state index contributed by atoms with van der Waals surface area (Å²) in [5.74, 6) is 1.38. The van der Waals surface area contributed by atoms with Crippen LogP contribution in [0.2, 0.25) is 0 Å². The molecule has 1 N–H and O–H groups in total. The quantitative estimate of drug-likeness (QED) is 0.307. The molecule has 2 rings (SSSR count). The van der Waals surface area contributed by atoms with Crippen LogP contribution in [0.5, 0.6) is 5.75 Å². The Morgan fingerprint density at radius 2 is 2.14 bits per heavy atom. The highest BCUT2D eigenvalue weighted by Gasteiger charge is 2.14. The van der Waals surface area contributed by atoms with Crippen molar-refractivity contribution in [3.8, 4) is 5.75 Å². The number of nitrogens with one attached hydrogen (secondary N) is 1. The summed E-state index contributed by atoms with van der Waals surface area (Å²) in [6, 6.07) is 4.89. The van der Waals surface area contributed by atoms with Crippen molar-refractivity contribution in [2.24, 2.45) is 4.99 Å². The van der Waals surface area contributed by atoms with Crippen molar-refractivity contribution in [3.63, 3.8) is 0 Å². The third-order valence-electron chi connectivity index (χ3n) is 3.96.